The van der Waals surface area contributed by atoms with E-state index < -0.39 is 36.2 Å². The van der Waals surface area contributed by atoms with Crippen molar-refractivity contribution >= 4 is 22.6 Å². The zero-order chi connectivity index (χ0) is 24.7. The molecule has 178 valence electrons. The number of hydrogen-bond donors (Lipinski definition) is 3. The number of nitrogens with zero attached hydrogens (tertiary/aromatic N) is 5. The molecule has 1 aliphatic carbocycles. The van der Waals surface area contributed by atoms with E-state index in [0.717, 1.165) is 0 Å². The van der Waals surface area contributed by atoms with Crippen LogP contribution in [0.4, 0.5) is 18.9 Å². The third-order valence-electron chi connectivity index (χ3n) is 5.55. The number of anilines is 1. The van der Waals surface area contributed by atoms with Gasteiger partial charge in [0, 0.05) is 42.7 Å². The van der Waals surface area contributed by atoms with Gasteiger partial charge in [0.25, 0.3) is 11.8 Å². The fourth-order valence-electron chi connectivity index (χ4n) is 3.52. The molecule has 3 aromatic rings. The van der Waals surface area contributed by atoms with Crippen molar-refractivity contribution in [2.45, 2.75) is 50.4 Å². The molecule has 1 saturated carbocycles. The number of aliphatic hydroxyl groups is 1. The lowest BCUT2D eigenvalue weighted by molar-refractivity contribution is -0.0793. The number of fused-ring (bicyclic) bond motifs is 1. The van der Waals surface area contributed by atoms with Gasteiger partial charge in [-0.15, -0.1) is 0 Å². The van der Waals surface area contributed by atoms with Gasteiger partial charge in [-0.05, 0) is 19.9 Å². The van der Waals surface area contributed by atoms with Crippen molar-refractivity contribution < 1.29 is 23.1 Å². The number of rotatable bonds is 7. The maximum Gasteiger partial charge on any atom is 0.255 e. The molecule has 0 radical (unpaired) electrons. The standard InChI is InChI=1S/C22H22F3N7O2/c1-21(2,34)17(23)11-29-20(33)15-10-27-18(4-16(15)31-14-5-22(24,25)6-14)32-19-13(9-30-32)3-12(7-26)8-28-19/h3-4,8-10,14,17,34H,5-6,11H2,1-2H3,(H,27,31)(H,29,33). The number of nitrogens with one attached hydrogen (secondary N) is 2. The van der Waals surface area contributed by atoms with Crippen molar-refractivity contribution in [1.82, 2.24) is 25.1 Å². The van der Waals surface area contributed by atoms with Gasteiger partial charge in [-0.25, -0.2) is 23.1 Å². The van der Waals surface area contributed by atoms with Gasteiger partial charge in [0.15, 0.2) is 11.5 Å². The molecule has 1 fully saturated rings. The van der Waals surface area contributed by atoms with Crippen LogP contribution < -0.4 is 10.6 Å². The minimum atomic E-state index is -2.77. The molecule has 1 amide bonds. The highest BCUT2D eigenvalue weighted by molar-refractivity contribution is 5.99. The number of amides is 1. The Labute approximate surface area is 192 Å². The summed E-state index contributed by atoms with van der Waals surface area (Å²) in [5.74, 6) is -3.19. The molecule has 0 aromatic carbocycles. The highest BCUT2D eigenvalue weighted by Gasteiger charge is 2.45. The summed E-state index contributed by atoms with van der Waals surface area (Å²) in [5, 5.41) is 29.0. The summed E-state index contributed by atoms with van der Waals surface area (Å²) in [6.07, 6.45) is 1.63. The first kappa shape index (κ1) is 23.4. The molecule has 0 bridgehead atoms. The molecule has 4 rings (SSSR count). The Morgan fingerprint density at radius 1 is 1.32 bits per heavy atom. The van der Waals surface area contributed by atoms with E-state index in [0.29, 0.717) is 16.6 Å². The third kappa shape index (κ3) is 4.79. The summed E-state index contributed by atoms with van der Waals surface area (Å²) in [4.78, 5) is 21.2. The van der Waals surface area contributed by atoms with Crippen LogP contribution in [0.5, 0.6) is 0 Å². The fourth-order valence-corrected chi connectivity index (χ4v) is 3.52. The van der Waals surface area contributed by atoms with Gasteiger partial charge in [-0.3, -0.25) is 4.79 Å². The number of alkyl halides is 3. The Morgan fingerprint density at radius 3 is 2.71 bits per heavy atom. The molecule has 12 heteroatoms. The van der Waals surface area contributed by atoms with Crippen LogP contribution in [-0.4, -0.2) is 61.0 Å². The average molecular weight is 473 g/mol. The Balaban J connectivity index is 1.65. The molecular weight excluding hydrogens is 451 g/mol. The molecule has 1 atom stereocenters. The predicted molar refractivity (Wildman–Crippen MR) is 116 cm³/mol. The maximum absolute atomic E-state index is 14.1. The average Bonchev–Trinajstić information content (AvgIpc) is 3.18. The summed E-state index contributed by atoms with van der Waals surface area (Å²) < 4.78 is 42.2. The second-order valence-corrected chi connectivity index (χ2v) is 8.83. The van der Waals surface area contributed by atoms with E-state index in [1.807, 2.05) is 6.07 Å². The lowest BCUT2D eigenvalue weighted by Crippen LogP contribution is -2.45. The fraction of sp³-hybridized carbons (Fsp3) is 0.409. The van der Waals surface area contributed by atoms with Gasteiger partial charge in [0.2, 0.25) is 0 Å². The molecule has 0 spiro atoms. The maximum atomic E-state index is 14.1. The van der Waals surface area contributed by atoms with Crippen LogP contribution in [0, 0.1) is 11.3 Å². The summed E-state index contributed by atoms with van der Waals surface area (Å²) in [5.41, 5.74) is -0.627. The number of carbonyl (C=O) groups excluding carboxylic acids is 1. The molecule has 0 saturated heterocycles. The van der Waals surface area contributed by atoms with Crippen LogP contribution in [0.25, 0.3) is 16.9 Å². The highest BCUT2D eigenvalue weighted by atomic mass is 19.3. The smallest absolute Gasteiger partial charge is 0.255 e. The zero-order valence-corrected chi connectivity index (χ0v) is 18.4. The van der Waals surface area contributed by atoms with Crippen molar-refractivity contribution in [2.24, 2.45) is 0 Å². The molecule has 3 aromatic heterocycles. The summed E-state index contributed by atoms with van der Waals surface area (Å²) in [7, 11) is 0. The second-order valence-electron chi connectivity index (χ2n) is 8.83. The monoisotopic (exact) mass is 473 g/mol. The number of aromatic nitrogens is 4. The van der Waals surface area contributed by atoms with Crippen molar-refractivity contribution in [3.8, 4) is 11.9 Å². The zero-order valence-electron chi connectivity index (χ0n) is 18.4. The lowest BCUT2D eigenvalue weighted by Gasteiger charge is -2.36. The largest absolute Gasteiger partial charge is 0.387 e. The van der Waals surface area contributed by atoms with Crippen molar-refractivity contribution in [3.05, 3.63) is 41.9 Å². The highest BCUT2D eigenvalue weighted by Crippen LogP contribution is 2.39. The molecule has 3 heterocycles. The van der Waals surface area contributed by atoms with Crippen LogP contribution in [0.15, 0.2) is 30.7 Å². The minimum Gasteiger partial charge on any atom is -0.387 e. The first-order valence-electron chi connectivity index (χ1n) is 10.5. The molecule has 34 heavy (non-hydrogen) atoms. The third-order valence-corrected chi connectivity index (χ3v) is 5.55. The quantitative estimate of drug-likeness (QED) is 0.481. The van der Waals surface area contributed by atoms with Gasteiger partial charge in [0.1, 0.15) is 12.2 Å². The molecule has 1 aliphatic rings. The van der Waals surface area contributed by atoms with Crippen LogP contribution in [0.2, 0.25) is 0 Å². The van der Waals surface area contributed by atoms with E-state index in [9.17, 15) is 23.1 Å². The molecule has 3 N–H and O–H groups in total. The van der Waals surface area contributed by atoms with Crippen molar-refractivity contribution in [3.63, 3.8) is 0 Å². The van der Waals surface area contributed by atoms with Crippen LogP contribution in [0.3, 0.4) is 0 Å². The number of halogens is 3. The van der Waals surface area contributed by atoms with E-state index in [4.69, 9.17) is 5.26 Å². The van der Waals surface area contributed by atoms with Crippen molar-refractivity contribution in [2.75, 3.05) is 11.9 Å². The number of hydrogen-bond acceptors (Lipinski definition) is 7. The van der Waals surface area contributed by atoms with Crippen LogP contribution in [-0.2, 0) is 0 Å². The van der Waals surface area contributed by atoms with Gasteiger partial charge in [-0.2, -0.15) is 15.0 Å². The Morgan fingerprint density at radius 2 is 2.06 bits per heavy atom. The molecular formula is C22H22F3N7O2. The predicted octanol–water partition coefficient (Wildman–Crippen LogP) is 2.74. The van der Waals surface area contributed by atoms with E-state index >= 15 is 0 Å². The summed E-state index contributed by atoms with van der Waals surface area (Å²) in [6, 6.07) is 4.52. The van der Waals surface area contributed by atoms with Crippen molar-refractivity contribution in [1.29, 1.82) is 5.26 Å². The second kappa shape index (κ2) is 8.57. The van der Waals surface area contributed by atoms with E-state index in [2.05, 4.69) is 25.7 Å². The summed E-state index contributed by atoms with van der Waals surface area (Å²) >= 11 is 0. The Bertz CT molecular complexity index is 1270. The number of nitriles is 1. The number of pyridine rings is 2. The number of carbonyl (C=O) groups is 1. The lowest BCUT2D eigenvalue weighted by atomic mass is 9.88. The molecule has 9 nitrogen and oxygen atoms in total. The van der Waals surface area contributed by atoms with E-state index in [-0.39, 0.29) is 29.9 Å². The summed E-state index contributed by atoms with van der Waals surface area (Å²) in [6.45, 7) is 2.12. The topological polar surface area (TPSA) is 129 Å². The van der Waals surface area contributed by atoms with E-state index in [1.54, 1.807) is 6.07 Å². The molecule has 0 aliphatic heterocycles. The van der Waals surface area contributed by atoms with Crippen LogP contribution in [0.1, 0.15) is 42.6 Å². The minimum absolute atomic E-state index is 0.0260. The van der Waals surface area contributed by atoms with Gasteiger partial charge in [-0.1, -0.05) is 0 Å². The van der Waals surface area contributed by atoms with E-state index in [1.165, 1.54) is 43.2 Å². The first-order valence-corrected chi connectivity index (χ1v) is 10.5. The van der Waals surface area contributed by atoms with Gasteiger partial charge >= 0.3 is 0 Å². The normalized spacial score (nSPS) is 16.5. The Hall–Kier alpha value is -3.72. The Kier molecular flexibility index (Phi) is 5.91. The van der Waals surface area contributed by atoms with Gasteiger partial charge in [0.05, 0.1) is 35.2 Å². The molecule has 1 unspecified atom stereocenters. The first-order chi connectivity index (χ1) is 16.0. The van der Waals surface area contributed by atoms with Crippen LogP contribution >= 0.6 is 0 Å². The SMILES string of the molecule is CC(C)(O)C(F)CNC(=O)c1cnc(-n2ncc3cc(C#N)cnc32)cc1NC1CC(F)(F)C1. The van der Waals surface area contributed by atoms with Gasteiger partial charge < -0.3 is 15.7 Å².